The number of nitrogens with one attached hydrogen (secondary N) is 1. The number of rotatable bonds is 3. The maximum absolute atomic E-state index is 12.2. The molecule has 1 fully saturated rings. The molecular formula is C14H20N2O2. The van der Waals surface area contributed by atoms with Crippen LogP contribution in [0.1, 0.15) is 18.1 Å². The molecule has 0 aromatic heterocycles. The van der Waals surface area contributed by atoms with E-state index in [-0.39, 0.29) is 12.1 Å². The van der Waals surface area contributed by atoms with Crippen molar-refractivity contribution in [3.8, 4) is 0 Å². The lowest BCUT2D eigenvalue weighted by Gasteiger charge is -2.36. The Bertz CT molecular complexity index is 421. The van der Waals surface area contributed by atoms with E-state index in [4.69, 9.17) is 4.74 Å². The minimum atomic E-state index is -0.0387. The van der Waals surface area contributed by atoms with Crippen LogP contribution in [-0.2, 0) is 4.74 Å². The molecule has 0 bridgehead atoms. The molecule has 0 aliphatic carbocycles. The molecule has 4 nitrogen and oxygen atoms in total. The van der Waals surface area contributed by atoms with Gasteiger partial charge in [0.15, 0.2) is 0 Å². The van der Waals surface area contributed by atoms with E-state index in [1.54, 1.807) is 0 Å². The third kappa shape index (κ3) is 2.48. The first-order chi connectivity index (χ1) is 8.63. The summed E-state index contributed by atoms with van der Waals surface area (Å²) >= 11 is 0. The standard InChI is InChI=1S/C14H20N2O2/c1-4-16(12-8-18-9-12)14(17)15-13-10(2)6-5-7-11(13)3/h5-7,12H,4,8-9H2,1-3H3,(H,15,17). The first-order valence-corrected chi connectivity index (χ1v) is 6.35. The van der Waals surface area contributed by atoms with Crippen molar-refractivity contribution in [2.24, 2.45) is 0 Å². The zero-order valence-corrected chi connectivity index (χ0v) is 11.2. The van der Waals surface area contributed by atoms with Crippen molar-refractivity contribution >= 4 is 11.7 Å². The van der Waals surface area contributed by atoms with E-state index in [0.29, 0.717) is 19.8 Å². The number of hydrogen-bond acceptors (Lipinski definition) is 2. The Labute approximate surface area is 108 Å². The minimum Gasteiger partial charge on any atom is -0.377 e. The van der Waals surface area contributed by atoms with Crippen molar-refractivity contribution < 1.29 is 9.53 Å². The van der Waals surface area contributed by atoms with Crippen LogP contribution in [0, 0.1) is 13.8 Å². The summed E-state index contributed by atoms with van der Waals surface area (Å²) in [6.07, 6.45) is 0. The summed E-state index contributed by atoms with van der Waals surface area (Å²) in [5, 5.41) is 3.01. The van der Waals surface area contributed by atoms with E-state index in [2.05, 4.69) is 5.32 Å². The largest absolute Gasteiger partial charge is 0.377 e. The smallest absolute Gasteiger partial charge is 0.322 e. The lowest BCUT2D eigenvalue weighted by atomic mass is 10.1. The van der Waals surface area contributed by atoms with E-state index in [0.717, 1.165) is 16.8 Å². The Kier molecular flexibility index (Phi) is 3.87. The number of anilines is 1. The highest BCUT2D eigenvalue weighted by Gasteiger charge is 2.28. The Morgan fingerprint density at radius 3 is 2.44 bits per heavy atom. The molecule has 0 unspecified atom stereocenters. The summed E-state index contributed by atoms with van der Waals surface area (Å²) in [7, 11) is 0. The van der Waals surface area contributed by atoms with Crippen LogP contribution < -0.4 is 5.32 Å². The Morgan fingerprint density at radius 2 is 2.00 bits per heavy atom. The number of hydrogen-bond donors (Lipinski definition) is 1. The third-order valence-electron chi connectivity index (χ3n) is 3.38. The van der Waals surface area contributed by atoms with Crippen LogP contribution in [0.25, 0.3) is 0 Å². The topological polar surface area (TPSA) is 41.6 Å². The zero-order valence-electron chi connectivity index (χ0n) is 11.2. The maximum Gasteiger partial charge on any atom is 0.322 e. The second-order valence-electron chi connectivity index (χ2n) is 4.67. The lowest BCUT2D eigenvalue weighted by molar-refractivity contribution is -0.0459. The summed E-state index contributed by atoms with van der Waals surface area (Å²) in [5.74, 6) is 0. The summed E-state index contributed by atoms with van der Waals surface area (Å²) < 4.78 is 5.14. The van der Waals surface area contributed by atoms with Gasteiger partial charge in [0.25, 0.3) is 0 Å². The van der Waals surface area contributed by atoms with Gasteiger partial charge in [0.2, 0.25) is 0 Å². The number of amides is 2. The summed E-state index contributed by atoms with van der Waals surface area (Å²) in [6.45, 7) is 7.99. The maximum atomic E-state index is 12.2. The molecule has 4 heteroatoms. The molecule has 0 spiro atoms. The Hall–Kier alpha value is -1.55. The number of aryl methyl sites for hydroxylation is 2. The third-order valence-corrected chi connectivity index (χ3v) is 3.38. The predicted octanol–water partition coefficient (Wildman–Crippen LogP) is 2.56. The van der Waals surface area contributed by atoms with Gasteiger partial charge in [-0.2, -0.15) is 0 Å². The van der Waals surface area contributed by atoms with E-state index < -0.39 is 0 Å². The fourth-order valence-electron chi connectivity index (χ4n) is 2.16. The van der Waals surface area contributed by atoms with Crippen LogP contribution in [0.3, 0.4) is 0 Å². The van der Waals surface area contributed by atoms with Crippen LogP contribution in [0.4, 0.5) is 10.5 Å². The monoisotopic (exact) mass is 248 g/mol. The van der Waals surface area contributed by atoms with Crippen molar-refractivity contribution in [3.05, 3.63) is 29.3 Å². The fraction of sp³-hybridized carbons (Fsp3) is 0.500. The molecule has 0 atom stereocenters. The van der Waals surface area contributed by atoms with Gasteiger partial charge in [-0.1, -0.05) is 18.2 Å². The quantitative estimate of drug-likeness (QED) is 0.893. The van der Waals surface area contributed by atoms with Gasteiger partial charge in [-0.05, 0) is 31.9 Å². The average Bonchev–Trinajstić information content (AvgIpc) is 2.28. The predicted molar refractivity (Wildman–Crippen MR) is 71.9 cm³/mol. The minimum absolute atomic E-state index is 0.0387. The highest BCUT2D eigenvalue weighted by atomic mass is 16.5. The van der Waals surface area contributed by atoms with Crippen LogP contribution in [-0.4, -0.2) is 36.7 Å². The normalized spacial score (nSPS) is 15.1. The van der Waals surface area contributed by atoms with Gasteiger partial charge in [-0.3, -0.25) is 0 Å². The highest BCUT2D eigenvalue weighted by molar-refractivity contribution is 5.91. The molecule has 1 N–H and O–H groups in total. The first kappa shape index (κ1) is 12.9. The molecule has 0 radical (unpaired) electrons. The van der Waals surface area contributed by atoms with E-state index in [1.807, 2.05) is 43.9 Å². The van der Waals surface area contributed by atoms with E-state index >= 15 is 0 Å². The number of nitrogens with zero attached hydrogens (tertiary/aromatic N) is 1. The van der Waals surface area contributed by atoms with Gasteiger partial charge in [0.05, 0.1) is 19.3 Å². The van der Waals surface area contributed by atoms with Gasteiger partial charge >= 0.3 is 6.03 Å². The summed E-state index contributed by atoms with van der Waals surface area (Å²) in [5.41, 5.74) is 3.09. The average molecular weight is 248 g/mol. The van der Waals surface area contributed by atoms with Crippen molar-refractivity contribution in [3.63, 3.8) is 0 Å². The summed E-state index contributed by atoms with van der Waals surface area (Å²) in [4.78, 5) is 14.1. The van der Waals surface area contributed by atoms with E-state index in [1.165, 1.54) is 0 Å². The molecule has 1 aliphatic rings. The fourth-order valence-corrected chi connectivity index (χ4v) is 2.16. The molecule has 1 aliphatic heterocycles. The molecule has 2 rings (SSSR count). The first-order valence-electron chi connectivity index (χ1n) is 6.35. The molecule has 98 valence electrons. The Morgan fingerprint density at radius 1 is 1.39 bits per heavy atom. The molecular weight excluding hydrogens is 228 g/mol. The molecule has 1 aromatic carbocycles. The number of para-hydroxylation sites is 1. The van der Waals surface area contributed by atoms with Gasteiger partial charge in [0.1, 0.15) is 0 Å². The van der Waals surface area contributed by atoms with Crippen molar-refractivity contribution in [1.82, 2.24) is 4.90 Å². The summed E-state index contributed by atoms with van der Waals surface area (Å²) in [6, 6.07) is 6.19. The zero-order chi connectivity index (χ0) is 13.1. The van der Waals surface area contributed by atoms with E-state index in [9.17, 15) is 4.79 Å². The van der Waals surface area contributed by atoms with Crippen molar-refractivity contribution in [2.75, 3.05) is 25.1 Å². The molecule has 0 saturated carbocycles. The Balaban J connectivity index is 2.10. The second-order valence-corrected chi connectivity index (χ2v) is 4.67. The number of likely N-dealkylation sites (N-methyl/N-ethyl adjacent to an activating group) is 1. The lowest BCUT2D eigenvalue weighted by Crippen LogP contribution is -2.53. The van der Waals surface area contributed by atoms with Gasteiger partial charge < -0.3 is 15.0 Å². The number of ether oxygens (including phenoxy) is 1. The van der Waals surface area contributed by atoms with Crippen LogP contribution in [0.5, 0.6) is 0 Å². The van der Waals surface area contributed by atoms with Crippen molar-refractivity contribution in [2.45, 2.75) is 26.8 Å². The molecule has 1 aromatic rings. The highest BCUT2D eigenvalue weighted by Crippen LogP contribution is 2.21. The van der Waals surface area contributed by atoms with Crippen molar-refractivity contribution in [1.29, 1.82) is 0 Å². The molecule has 1 heterocycles. The number of carbonyl (C=O) groups excluding carboxylic acids is 1. The molecule has 18 heavy (non-hydrogen) atoms. The van der Waals surface area contributed by atoms with Gasteiger partial charge in [0, 0.05) is 12.2 Å². The van der Waals surface area contributed by atoms with Crippen LogP contribution >= 0.6 is 0 Å². The number of urea groups is 1. The SMILES string of the molecule is CCN(C(=O)Nc1c(C)cccc1C)C1COC1. The number of carbonyl (C=O) groups is 1. The van der Waals surface area contributed by atoms with Crippen LogP contribution in [0.15, 0.2) is 18.2 Å². The number of benzene rings is 1. The molecule has 1 saturated heterocycles. The second kappa shape index (κ2) is 5.40. The van der Waals surface area contributed by atoms with Crippen LogP contribution in [0.2, 0.25) is 0 Å². The molecule has 2 amide bonds. The van der Waals surface area contributed by atoms with Gasteiger partial charge in [-0.15, -0.1) is 0 Å². The van der Waals surface area contributed by atoms with Gasteiger partial charge in [-0.25, -0.2) is 4.79 Å².